The van der Waals surface area contributed by atoms with E-state index in [1.165, 1.54) is 0 Å². The van der Waals surface area contributed by atoms with Crippen LogP contribution in [-0.2, 0) is 6.54 Å². The molecule has 0 aliphatic carbocycles. The first-order valence-electron chi connectivity index (χ1n) is 7.06. The summed E-state index contributed by atoms with van der Waals surface area (Å²) in [7, 11) is 0. The van der Waals surface area contributed by atoms with Gasteiger partial charge in [-0.25, -0.2) is 4.98 Å². The Morgan fingerprint density at radius 2 is 2.27 bits per heavy atom. The van der Waals surface area contributed by atoms with Crippen LogP contribution in [0, 0.1) is 13.8 Å². The molecular weight excluding hydrogens is 282 g/mol. The number of nitrogens with zero attached hydrogens (tertiary/aromatic N) is 4. The maximum Gasteiger partial charge on any atom is 0.258 e. The highest BCUT2D eigenvalue weighted by molar-refractivity contribution is 6.06. The van der Waals surface area contributed by atoms with Gasteiger partial charge in [0.2, 0.25) is 0 Å². The standard InChI is InChI=1S/C15H17N5O2/c1-9-7-12(13-11(3)19-22-15(13)18-9)14(21)17-10(2)8-20-6-4-5-16-20/h4-7,10H,8H2,1-3H3,(H,17,21)/t10-/m1/s1. The lowest BCUT2D eigenvalue weighted by Gasteiger charge is -2.14. The van der Waals surface area contributed by atoms with Crippen molar-refractivity contribution in [1.82, 2.24) is 25.2 Å². The summed E-state index contributed by atoms with van der Waals surface area (Å²) in [6, 6.07) is 3.55. The van der Waals surface area contributed by atoms with Gasteiger partial charge < -0.3 is 9.84 Å². The fourth-order valence-electron chi connectivity index (χ4n) is 2.43. The van der Waals surface area contributed by atoms with Crippen molar-refractivity contribution < 1.29 is 9.32 Å². The van der Waals surface area contributed by atoms with Crippen LogP contribution >= 0.6 is 0 Å². The second-order valence-corrected chi connectivity index (χ2v) is 5.36. The van der Waals surface area contributed by atoms with Crippen LogP contribution in [0.4, 0.5) is 0 Å². The summed E-state index contributed by atoms with van der Waals surface area (Å²) in [5.74, 6) is -0.165. The number of amides is 1. The smallest absolute Gasteiger partial charge is 0.258 e. The second kappa shape index (κ2) is 5.59. The van der Waals surface area contributed by atoms with Gasteiger partial charge in [-0.1, -0.05) is 5.16 Å². The molecule has 0 aliphatic rings. The zero-order valence-corrected chi connectivity index (χ0v) is 12.7. The molecule has 1 atom stereocenters. The van der Waals surface area contributed by atoms with Crippen molar-refractivity contribution in [1.29, 1.82) is 0 Å². The lowest BCUT2D eigenvalue weighted by molar-refractivity contribution is 0.0937. The molecule has 7 heteroatoms. The summed E-state index contributed by atoms with van der Waals surface area (Å²) in [6.45, 7) is 6.16. The van der Waals surface area contributed by atoms with Gasteiger partial charge in [0, 0.05) is 24.1 Å². The molecule has 1 amide bonds. The van der Waals surface area contributed by atoms with Crippen LogP contribution in [0.5, 0.6) is 0 Å². The number of fused-ring (bicyclic) bond motifs is 1. The third-order valence-electron chi connectivity index (χ3n) is 3.39. The van der Waals surface area contributed by atoms with Crippen molar-refractivity contribution in [2.75, 3.05) is 0 Å². The second-order valence-electron chi connectivity index (χ2n) is 5.36. The molecule has 0 fully saturated rings. The molecule has 3 aromatic rings. The van der Waals surface area contributed by atoms with Gasteiger partial charge in [-0.2, -0.15) is 5.10 Å². The van der Waals surface area contributed by atoms with Crippen molar-refractivity contribution in [3.8, 4) is 0 Å². The average Bonchev–Trinajstić information content (AvgIpc) is 3.08. The maximum absolute atomic E-state index is 12.6. The molecule has 22 heavy (non-hydrogen) atoms. The number of pyridine rings is 1. The monoisotopic (exact) mass is 299 g/mol. The molecule has 3 aromatic heterocycles. The molecule has 1 N–H and O–H groups in total. The first kappa shape index (κ1) is 14.2. The van der Waals surface area contributed by atoms with Gasteiger partial charge >= 0.3 is 0 Å². The van der Waals surface area contributed by atoms with Gasteiger partial charge in [0.25, 0.3) is 11.6 Å². The molecule has 0 unspecified atom stereocenters. The summed E-state index contributed by atoms with van der Waals surface area (Å²) >= 11 is 0. The molecule has 0 radical (unpaired) electrons. The summed E-state index contributed by atoms with van der Waals surface area (Å²) in [4.78, 5) is 16.8. The predicted molar refractivity (Wildman–Crippen MR) is 80.4 cm³/mol. The molecule has 0 saturated heterocycles. The van der Waals surface area contributed by atoms with Crippen molar-refractivity contribution in [3.63, 3.8) is 0 Å². The summed E-state index contributed by atoms with van der Waals surface area (Å²) in [5.41, 5.74) is 2.30. The Morgan fingerprint density at radius 1 is 1.45 bits per heavy atom. The minimum Gasteiger partial charge on any atom is -0.348 e. The number of nitrogens with one attached hydrogen (secondary N) is 1. The van der Waals surface area contributed by atoms with E-state index in [-0.39, 0.29) is 11.9 Å². The maximum atomic E-state index is 12.6. The van der Waals surface area contributed by atoms with E-state index in [1.807, 2.05) is 26.1 Å². The molecule has 7 nitrogen and oxygen atoms in total. The van der Waals surface area contributed by atoms with E-state index in [0.29, 0.717) is 34.6 Å². The normalized spacial score (nSPS) is 12.5. The zero-order chi connectivity index (χ0) is 15.7. The highest BCUT2D eigenvalue weighted by atomic mass is 16.5. The largest absolute Gasteiger partial charge is 0.348 e. The van der Waals surface area contributed by atoms with E-state index in [1.54, 1.807) is 23.9 Å². The Morgan fingerprint density at radius 3 is 3.00 bits per heavy atom. The van der Waals surface area contributed by atoms with Crippen molar-refractivity contribution in [2.24, 2.45) is 0 Å². The van der Waals surface area contributed by atoms with Gasteiger partial charge in [-0.05, 0) is 32.9 Å². The third-order valence-corrected chi connectivity index (χ3v) is 3.39. The molecular formula is C15H17N5O2. The topological polar surface area (TPSA) is 85.8 Å². The van der Waals surface area contributed by atoms with Crippen molar-refractivity contribution in [3.05, 3.63) is 41.5 Å². The van der Waals surface area contributed by atoms with Gasteiger partial charge in [0.1, 0.15) is 0 Å². The third kappa shape index (κ3) is 2.69. The van der Waals surface area contributed by atoms with Gasteiger partial charge in [-0.3, -0.25) is 9.48 Å². The van der Waals surface area contributed by atoms with Crippen LogP contribution in [0.1, 0.15) is 28.7 Å². The van der Waals surface area contributed by atoms with Crippen molar-refractivity contribution in [2.45, 2.75) is 33.4 Å². The predicted octanol–water partition coefficient (Wildman–Crippen LogP) is 1.85. The van der Waals surface area contributed by atoms with Gasteiger partial charge in [-0.15, -0.1) is 0 Å². The fraction of sp³-hybridized carbons (Fsp3) is 0.333. The average molecular weight is 299 g/mol. The Kier molecular flexibility index (Phi) is 3.62. The molecule has 0 bridgehead atoms. The molecule has 0 spiro atoms. The lowest BCUT2D eigenvalue weighted by atomic mass is 10.1. The number of hydrogen-bond acceptors (Lipinski definition) is 5. The molecule has 3 rings (SSSR count). The van der Waals surface area contributed by atoms with Crippen LogP contribution in [0.2, 0.25) is 0 Å². The Balaban J connectivity index is 1.84. The molecule has 0 aliphatic heterocycles. The lowest BCUT2D eigenvalue weighted by Crippen LogP contribution is -2.36. The first-order chi connectivity index (χ1) is 10.5. The zero-order valence-electron chi connectivity index (χ0n) is 12.7. The number of hydrogen-bond donors (Lipinski definition) is 1. The summed E-state index contributed by atoms with van der Waals surface area (Å²) < 4.78 is 6.94. The van der Waals surface area contributed by atoms with E-state index >= 15 is 0 Å². The number of rotatable bonds is 4. The van der Waals surface area contributed by atoms with E-state index < -0.39 is 0 Å². The van der Waals surface area contributed by atoms with E-state index in [0.717, 1.165) is 0 Å². The number of aromatic nitrogens is 4. The first-order valence-corrected chi connectivity index (χ1v) is 7.06. The Hall–Kier alpha value is -2.70. The highest BCUT2D eigenvalue weighted by Gasteiger charge is 2.19. The van der Waals surface area contributed by atoms with Gasteiger partial charge in [0.15, 0.2) is 0 Å². The molecule has 0 saturated carbocycles. The molecule has 3 heterocycles. The minimum atomic E-state index is -0.165. The molecule has 0 aromatic carbocycles. The highest BCUT2D eigenvalue weighted by Crippen LogP contribution is 2.21. The SMILES string of the molecule is Cc1cc(C(=O)N[C@H](C)Cn2cccn2)c2c(C)noc2n1. The van der Waals surface area contributed by atoms with Crippen LogP contribution in [0.25, 0.3) is 11.1 Å². The fourth-order valence-corrected chi connectivity index (χ4v) is 2.43. The van der Waals surface area contributed by atoms with Crippen LogP contribution < -0.4 is 5.32 Å². The summed E-state index contributed by atoms with van der Waals surface area (Å²) in [6.07, 6.45) is 3.58. The van der Waals surface area contributed by atoms with Crippen molar-refractivity contribution >= 4 is 17.0 Å². The Bertz CT molecular complexity index is 807. The quantitative estimate of drug-likeness (QED) is 0.794. The minimum absolute atomic E-state index is 0.0592. The van der Waals surface area contributed by atoms with E-state index in [4.69, 9.17) is 4.52 Å². The van der Waals surface area contributed by atoms with Crippen LogP contribution in [0.3, 0.4) is 0 Å². The van der Waals surface area contributed by atoms with E-state index in [9.17, 15) is 4.79 Å². The number of aryl methyl sites for hydroxylation is 2. The number of carbonyl (C=O) groups excluding carboxylic acids is 1. The molecule has 114 valence electrons. The number of carbonyl (C=O) groups is 1. The summed E-state index contributed by atoms with van der Waals surface area (Å²) in [5, 5.41) is 11.7. The van der Waals surface area contributed by atoms with E-state index in [2.05, 4.69) is 20.6 Å². The van der Waals surface area contributed by atoms with Gasteiger partial charge in [0.05, 0.1) is 23.2 Å². The Labute approximate surface area is 127 Å². The van der Waals surface area contributed by atoms with Crippen LogP contribution in [-0.4, -0.2) is 31.9 Å². The van der Waals surface area contributed by atoms with Crippen LogP contribution in [0.15, 0.2) is 29.0 Å².